The lowest BCUT2D eigenvalue weighted by Crippen LogP contribution is -2.06. The van der Waals surface area contributed by atoms with Gasteiger partial charge in [0.2, 0.25) is 0 Å². The van der Waals surface area contributed by atoms with Gasteiger partial charge in [0.05, 0.1) is 11.3 Å². The second-order valence-electron chi connectivity index (χ2n) is 5.08. The number of ketones is 1. The Morgan fingerprint density at radius 3 is 2.45 bits per heavy atom. The summed E-state index contributed by atoms with van der Waals surface area (Å²) in [7, 11) is 1.88. The van der Waals surface area contributed by atoms with Crippen LogP contribution >= 0.6 is 11.8 Å². The van der Waals surface area contributed by atoms with Crippen molar-refractivity contribution in [2.24, 2.45) is 7.05 Å². The zero-order chi connectivity index (χ0) is 16.5. The Bertz CT molecular complexity index is 704. The summed E-state index contributed by atoms with van der Waals surface area (Å²) in [6, 6.07) is 6.84. The molecule has 0 fully saturated rings. The summed E-state index contributed by atoms with van der Waals surface area (Å²) in [5.74, 6) is 0.0367. The highest BCUT2D eigenvalue weighted by molar-refractivity contribution is 8.00. The molecule has 0 spiro atoms. The number of hydrogen-bond donors (Lipinski definition) is 0. The van der Waals surface area contributed by atoms with E-state index in [4.69, 9.17) is 0 Å². The van der Waals surface area contributed by atoms with Crippen molar-refractivity contribution in [3.05, 3.63) is 52.8 Å². The molecule has 2 aromatic rings. The third-order valence-electron chi connectivity index (χ3n) is 3.61. The van der Waals surface area contributed by atoms with Crippen LogP contribution in [-0.4, -0.2) is 16.1 Å². The zero-order valence-corrected chi connectivity index (χ0v) is 13.3. The molecule has 0 radical (unpaired) electrons. The van der Waals surface area contributed by atoms with E-state index in [2.05, 4.69) is 0 Å². The smallest absolute Gasteiger partial charge is 0.351 e. The maximum atomic E-state index is 12.7. The van der Waals surface area contributed by atoms with Crippen molar-refractivity contribution in [2.45, 2.75) is 24.9 Å². The molecule has 0 aliphatic rings. The number of alkyl halides is 3. The number of carbonyl (C=O) groups excluding carboxylic acids is 1. The molecule has 22 heavy (non-hydrogen) atoms. The first-order valence-corrected chi connectivity index (χ1v) is 7.65. The summed E-state index contributed by atoms with van der Waals surface area (Å²) in [6.45, 7) is 3.76. The fraction of sp³-hybridized carbons (Fsp3) is 0.312. The van der Waals surface area contributed by atoms with Crippen molar-refractivity contribution in [3.8, 4) is 0 Å². The molecule has 0 unspecified atom stereocenters. The molecule has 1 heterocycles. The van der Waals surface area contributed by atoms with Crippen LogP contribution in [0.25, 0.3) is 0 Å². The molecule has 0 N–H and O–H groups in total. The van der Waals surface area contributed by atoms with Crippen LogP contribution in [0.15, 0.2) is 35.2 Å². The van der Waals surface area contributed by atoms with Crippen LogP contribution in [0.4, 0.5) is 13.2 Å². The number of nitrogens with zero attached hydrogens (tertiary/aromatic N) is 1. The first-order valence-electron chi connectivity index (χ1n) is 6.66. The summed E-state index contributed by atoms with van der Waals surface area (Å²) < 4.78 is 39.9. The molecule has 2 rings (SSSR count). The van der Waals surface area contributed by atoms with E-state index in [1.54, 1.807) is 6.07 Å². The molecule has 0 saturated heterocycles. The number of aromatic nitrogens is 1. The van der Waals surface area contributed by atoms with Crippen LogP contribution in [0.2, 0.25) is 0 Å². The third-order valence-corrected chi connectivity index (χ3v) is 4.60. The van der Waals surface area contributed by atoms with Crippen molar-refractivity contribution in [3.63, 3.8) is 0 Å². The number of halogens is 3. The summed E-state index contributed by atoms with van der Waals surface area (Å²) in [6.07, 6.45) is -4.37. The van der Waals surface area contributed by atoms with Gasteiger partial charge in [0.1, 0.15) is 0 Å². The SMILES string of the molecule is Cc1cc(C(=O)CSc2cccc(C(F)(F)F)c2)c(C)n1C. The monoisotopic (exact) mass is 327 g/mol. The minimum atomic E-state index is -4.37. The average Bonchev–Trinajstić information content (AvgIpc) is 2.72. The van der Waals surface area contributed by atoms with Gasteiger partial charge >= 0.3 is 6.18 Å². The summed E-state index contributed by atoms with van der Waals surface area (Å²) in [4.78, 5) is 12.7. The predicted octanol–water partition coefficient (Wildman–Crippen LogP) is 4.64. The molecule has 0 aliphatic carbocycles. The van der Waals surface area contributed by atoms with E-state index in [1.165, 1.54) is 6.07 Å². The van der Waals surface area contributed by atoms with Gasteiger partial charge in [-0.3, -0.25) is 4.79 Å². The highest BCUT2D eigenvalue weighted by Gasteiger charge is 2.30. The molecule has 1 aromatic carbocycles. The maximum Gasteiger partial charge on any atom is 0.416 e. The topological polar surface area (TPSA) is 22.0 Å². The third kappa shape index (κ3) is 3.55. The fourth-order valence-electron chi connectivity index (χ4n) is 2.13. The van der Waals surface area contributed by atoms with Crippen LogP contribution < -0.4 is 0 Å². The minimum Gasteiger partial charge on any atom is -0.351 e. The standard InChI is InChI=1S/C16H16F3NOS/c1-10-7-14(11(2)20(10)3)15(21)9-22-13-6-4-5-12(8-13)16(17,18)19/h4-8H,9H2,1-3H3. The largest absolute Gasteiger partial charge is 0.416 e. The number of hydrogen-bond acceptors (Lipinski definition) is 2. The molecule has 6 heteroatoms. The van der Waals surface area contributed by atoms with E-state index >= 15 is 0 Å². The van der Waals surface area contributed by atoms with Crippen molar-refractivity contribution in [1.29, 1.82) is 0 Å². The Labute approximate surface area is 131 Å². The predicted molar refractivity (Wildman–Crippen MR) is 81.4 cm³/mol. The summed E-state index contributed by atoms with van der Waals surface area (Å²) in [5.41, 5.74) is 1.77. The second-order valence-corrected chi connectivity index (χ2v) is 6.13. The Morgan fingerprint density at radius 2 is 1.91 bits per heavy atom. The van der Waals surface area contributed by atoms with Gasteiger partial charge in [-0.05, 0) is 38.1 Å². The van der Waals surface area contributed by atoms with Crippen LogP contribution in [0.3, 0.4) is 0 Å². The number of rotatable bonds is 4. The van der Waals surface area contributed by atoms with Gasteiger partial charge in [-0.1, -0.05) is 6.07 Å². The highest BCUT2D eigenvalue weighted by Crippen LogP contribution is 2.32. The molecule has 0 saturated carbocycles. The fourth-order valence-corrected chi connectivity index (χ4v) is 2.96. The van der Waals surface area contributed by atoms with Crippen molar-refractivity contribution in [2.75, 3.05) is 5.75 Å². The number of benzene rings is 1. The zero-order valence-electron chi connectivity index (χ0n) is 12.5. The van der Waals surface area contributed by atoms with Crippen molar-refractivity contribution >= 4 is 17.5 Å². The van der Waals surface area contributed by atoms with E-state index in [-0.39, 0.29) is 11.5 Å². The van der Waals surface area contributed by atoms with E-state index in [9.17, 15) is 18.0 Å². The van der Waals surface area contributed by atoms with Gasteiger partial charge in [0.25, 0.3) is 0 Å². The van der Waals surface area contributed by atoms with Gasteiger partial charge in [0.15, 0.2) is 5.78 Å². The summed E-state index contributed by atoms with van der Waals surface area (Å²) >= 11 is 1.12. The van der Waals surface area contributed by atoms with Gasteiger partial charge < -0.3 is 4.57 Å². The van der Waals surface area contributed by atoms with Gasteiger partial charge in [0, 0.05) is 28.9 Å². The van der Waals surface area contributed by atoms with E-state index in [0.717, 1.165) is 35.3 Å². The number of Topliss-reactive ketones (excluding diaryl/α,β-unsaturated/α-hetero) is 1. The van der Waals surface area contributed by atoms with Gasteiger partial charge in [-0.15, -0.1) is 11.8 Å². The molecular weight excluding hydrogens is 311 g/mol. The van der Waals surface area contributed by atoms with E-state index in [1.807, 2.05) is 31.5 Å². The van der Waals surface area contributed by atoms with Crippen molar-refractivity contribution in [1.82, 2.24) is 4.57 Å². The molecule has 0 amide bonds. The van der Waals surface area contributed by atoms with Crippen LogP contribution in [0.5, 0.6) is 0 Å². The number of aryl methyl sites for hydroxylation is 1. The maximum absolute atomic E-state index is 12.7. The molecule has 1 aromatic heterocycles. The number of carbonyl (C=O) groups is 1. The Balaban J connectivity index is 2.10. The highest BCUT2D eigenvalue weighted by atomic mass is 32.2. The van der Waals surface area contributed by atoms with Gasteiger partial charge in [-0.2, -0.15) is 13.2 Å². The Kier molecular flexibility index (Phi) is 4.70. The first-order chi connectivity index (χ1) is 10.2. The lowest BCUT2D eigenvalue weighted by atomic mass is 10.2. The first kappa shape index (κ1) is 16.7. The quantitative estimate of drug-likeness (QED) is 0.603. The molecular formula is C16H16F3NOS. The van der Waals surface area contributed by atoms with Crippen LogP contribution in [0.1, 0.15) is 27.3 Å². The Hall–Kier alpha value is -1.69. The lowest BCUT2D eigenvalue weighted by Gasteiger charge is -2.08. The van der Waals surface area contributed by atoms with Gasteiger partial charge in [-0.25, -0.2) is 0 Å². The van der Waals surface area contributed by atoms with E-state index in [0.29, 0.717) is 10.5 Å². The Morgan fingerprint density at radius 1 is 1.23 bits per heavy atom. The second kappa shape index (κ2) is 6.20. The lowest BCUT2D eigenvalue weighted by molar-refractivity contribution is -0.137. The summed E-state index contributed by atoms with van der Waals surface area (Å²) in [5, 5.41) is 0. The average molecular weight is 327 g/mol. The molecule has 118 valence electrons. The van der Waals surface area contributed by atoms with E-state index < -0.39 is 11.7 Å². The molecule has 0 bridgehead atoms. The molecule has 2 nitrogen and oxygen atoms in total. The van der Waals surface area contributed by atoms with Crippen LogP contribution in [-0.2, 0) is 13.2 Å². The molecule has 0 aliphatic heterocycles. The van der Waals surface area contributed by atoms with Crippen molar-refractivity contribution < 1.29 is 18.0 Å². The van der Waals surface area contributed by atoms with Crippen LogP contribution in [0, 0.1) is 13.8 Å². The number of thioether (sulfide) groups is 1. The normalized spacial score (nSPS) is 11.7. The molecule has 0 atom stereocenters. The minimum absolute atomic E-state index is 0.0800.